The standard InChI is InChI=1S/C22H25F3N2O4S/c1-14-8-9-19-17(10-14)18(12-21(2,3)31-19)26-20(28)13-27(32(4,29)30)16-7-5-6-15(11-16)22(23,24)25/h5-11,18H,12-13H2,1-4H3,(H,26,28). The van der Waals surface area contributed by atoms with Crippen molar-refractivity contribution < 1.29 is 31.1 Å². The summed E-state index contributed by atoms with van der Waals surface area (Å²) in [6.45, 7) is 5.00. The van der Waals surface area contributed by atoms with Gasteiger partial charge in [0.25, 0.3) is 0 Å². The van der Waals surface area contributed by atoms with Crippen molar-refractivity contribution in [2.75, 3.05) is 17.1 Å². The summed E-state index contributed by atoms with van der Waals surface area (Å²) in [5, 5.41) is 2.83. The molecule has 0 aromatic heterocycles. The molecule has 0 radical (unpaired) electrons. The van der Waals surface area contributed by atoms with E-state index in [-0.39, 0.29) is 5.69 Å². The lowest BCUT2D eigenvalue weighted by Gasteiger charge is -2.38. The number of aryl methyl sites for hydroxylation is 1. The first-order valence-corrected chi connectivity index (χ1v) is 11.7. The van der Waals surface area contributed by atoms with Crippen molar-refractivity contribution in [3.8, 4) is 5.75 Å². The second-order valence-electron chi connectivity index (χ2n) is 8.54. The van der Waals surface area contributed by atoms with Crippen LogP contribution in [0.3, 0.4) is 0 Å². The maximum absolute atomic E-state index is 13.1. The van der Waals surface area contributed by atoms with Crippen molar-refractivity contribution in [1.82, 2.24) is 5.32 Å². The SMILES string of the molecule is Cc1ccc2c(c1)C(NC(=O)CN(c1cccc(C(F)(F)F)c1)S(C)(=O)=O)CC(C)(C)O2. The van der Waals surface area contributed by atoms with E-state index in [1.165, 1.54) is 6.07 Å². The lowest BCUT2D eigenvalue weighted by atomic mass is 9.89. The topological polar surface area (TPSA) is 75.7 Å². The number of carbonyl (C=O) groups is 1. The molecule has 1 unspecified atom stereocenters. The number of sulfonamides is 1. The van der Waals surface area contributed by atoms with Crippen LogP contribution in [0.5, 0.6) is 5.75 Å². The van der Waals surface area contributed by atoms with Crippen LogP contribution in [0, 0.1) is 6.92 Å². The zero-order chi connectivity index (χ0) is 23.9. The van der Waals surface area contributed by atoms with E-state index in [9.17, 15) is 26.4 Å². The van der Waals surface area contributed by atoms with E-state index in [1.54, 1.807) is 0 Å². The molecule has 6 nitrogen and oxygen atoms in total. The Kier molecular flexibility index (Phi) is 6.21. The lowest BCUT2D eigenvalue weighted by Crippen LogP contribution is -2.45. The highest BCUT2D eigenvalue weighted by Crippen LogP contribution is 2.40. The number of fused-ring (bicyclic) bond motifs is 1. The molecule has 10 heteroatoms. The Morgan fingerprint density at radius 1 is 1.22 bits per heavy atom. The lowest BCUT2D eigenvalue weighted by molar-refractivity contribution is -0.137. The van der Waals surface area contributed by atoms with E-state index in [0.29, 0.717) is 22.5 Å². The zero-order valence-electron chi connectivity index (χ0n) is 18.2. The van der Waals surface area contributed by atoms with Crippen molar-refractivity contribution in [1.29, 1.82) is 0 Å². The Labute approximate surface area is 185 Å². The molecule has 32 heavy (non-hydrogen) atoms. The Bertz CT molecular complexity index is 1130. The predicted molar refractivity (Wildman–Crippen MR) is 115 cm³/mol. The van der Waals surface area contributed by atoms with E-state index in [4.69, 9.17) is 4.74 Å². The normalized spacial score (nSPS) is 17.8. The first-order valence-electron chi connectivity index (χ1n) is 9.90. The molecule has 174 valence electrons. The number of anilines is 1. The van der Waals surface area contributed by atoms with E-state index in [0.717, 1.165) is 29.5 Å². The Morgan fingerprint density at radius 2 is 1.91 bits per heavy atom. The number of ether oxygens (including phenoxy) is 1. The van der Waals surface area contributed by atoms with Crippen LogP contribution >= 0.6 is 0 Å². The number of carbonyl (C=O) groups excluding carboxylic acids is 1. The third kappa shape index (κ3) is 5.53. The average Bonchev–Trinajstić information content (AvgIpc) is 2.64. The molecule has 0 bridgehead atoms. The third-order valence-electron chi connectivity index (χ3n) is 5.11. The highest BCUT2D eigenvalue weighted by molar-refractivity contribution is 7.92. The molecular weight excluding hydrogens is 445 g/mol. The van der Waals surface area contributed by atoms with Crippen LogP contribution in [-0.4, -0.2) is 32.7 Å². The number of nitrogens with one attached hydrogen (secondary N) is 1. The van der Waals surface area contributed by atoms with E-state index < -0.39 is 45.9 Å². The fraction of sp³-hybridized carbons (Fsp3) is 0.409. The quantitative estimate of drug-likeness (QED) is 0.711. The predicted octanol–water partition coefficient (Wildman–Crippen LogP) is 4.20. The van der Waals surface area contributed by atoms with Crippen molar-refractivity contribution in [2.45, 2.75) is 45.0 Å². The molecule has 1 atom stereocenters. The molecule has 1 amide bonds. The number of benzene rings is 2. The van der Waals surface area contributed by atoms with Crippen LogP contribution < -0.4 is 14.4 Å². The molecule has 1 N–H and O–H groups in total. The summed E-state index contributed by atoms with van der Waals surface area (Å²) in [5.41, 5.74) is -0.0750. The van der Waals surface area contributed by atoms with Crippen LogP contribution in [0.2, 0.25) is 0 Å². The molecule has 0 aliphatic carbocycles. The van der Waals surface area contributed by atoms with Crippen LogP contribution in [0.1, 0.15) is 43.0 Å². The fourth-order valence-corrected chi connectivity index (χ4v) is 4.56. The monoisotopic (exact) mass is 470 g/mol. The number of hydrogen-bond donors (Lipinski definition) is 1. The van der Waals surface area contributed by atoms with Gasteiger partial charge in [-0.2, -0.15) is 13.2 Å². The second-order valence-corrected chi connectivity index (χ2v) is 10.5. The molecule has 1 aliphatic heterocycles. The van der Waals surface area contributed by atoms with Gasteiger partial charge in [0.15, 0.2) is 0 Å². The van der Waals surface area contributed by atoms with Gasteiger partial charge in [-0.05, 0) is 45.0 Å². The number of hydrogen-bond acceptors (Lipinski definition) is 4. The van der Waals surface area contributed by atoms with Crippen molar-refractivity contribution in [2.24, 2.45) is 0 Å². The van der Waals surface area contributed by atoms with Crippen LogP contribution in [0.4, 0.5) is 18.9 Å². The van der Waals surface area contributed by atoms with Gasteiger partial charge in [0, 0.05) is 12.0 Å². The van der Waals surface area contributed by atoms with Crippen molar-refractivity contribution in [3.05, 3.63) is 59.2 Å². The average molecular weight is 471 g/mol. The van der Waals surface area contributed by atoms with Gasteiger partial charge < -0.3 is 10.1 Å². The summed E-state index contributed by atoms with van der Waals surface area (Å²) in [4.78, 5) is 12.8. The van der Waals surface area contributed by atoms with E-state index >= 15 is 0 Å². The summed E-state index contributed by atoms with van der Waals surface area (Å²) in [5.74, 6) is -0.0157. The van der Waals surface area contributed by atoms with Gasteiger partial charge >= 0.3 is 6.18 Å². The molecule has 1 heterocycles. The maximum atomic E-state index is 13.1. The molecule has 1 aliphatic rings. The zero-order valence-corrected chi connectivity index (χ0v) is 19.0. The summed E-state index contributed by atoms with van der Waals surface area (Å²) in [6.07, 6.45) is -3.36. The van der Waals surface area contributed by atoms with E-state index in [1.807, 2.05) is 39.0 Å². The molecule has 0 spiro atoms. The maximum Gasteiger partial charge on any atom is 0.416 e. The van der Waals surface area contributed by atoms with Gasteiger partial charge in [-0.3, -0.25) is 9.10 Å². The first-order chi connectivity index (χ1) is 14.7. The minimum Gasteiger partial charge on any atom is -0.487 e. The summed E-state index contributed by atoms with van der Waals surface area (Å²) in [6, 6.07) is 9.03. The minimum absolute atomic E-state index is 0.235. The van der Waals surface area contributed by atoms with Crippen LogP contribution in [0.25, 0.3) is 0 Å². The number of amides is 1. The van der Waals surface area contributed by atoms with Gasteiger partial charge in [0.2, 0.25) is 15.9 Å². The molecule has 0 fully saturated rings. The highest BCUT2D eigenvalue weighted by atomic mass is 32.2. The Morgan fingerprint density at radius 3 is 2.53 bits per heavy atom. The molecule has 3 rings (SSSR count). The fourth-order valence-electron chi connectivity index (χ4n) is 3.71. The Hall–Kier alpha value is -2.75. The number of halogens is 3. The summed E-state index contributed by atoms with van der Waals surface area (Å²) < 4.78 is 70.5. The first kappa shape index (κ1) is 23.9. The van der Waals surface area contributed by atoms with Crippen molar-refractivity contribution >= 4 is 21.6 Å². The highest BCUT2D eigenvalue weighted by Gasteiger charge is 2.36. The molecule has 2 aromatic carbocycles. The second kappa shape index (κ2) is 8.31. The van der Waals surface area contributed by atoms with Gasteiger partial charge in [0.05, 0.1) is 23.5 Å². The molecule has 0 saturated carbocycles. The number of nitrogens with zero attached hydrogens (tertiary/aromatic N) is 1. The number of alkyl halides is 3. The van der Waals surface area contributed by atoms with Crippen molar-refractivity contribution in [3.63, 3.8) is 0 Å². The summed E-state index contributed by atoms with van der Waals surface area (Å²) >= 11 is 0. The Balaban J connectivity index is 1.87. The van der Waals surface area contributed by atoms with Gasteiger partial charge in [0.1, 0.15) is 17.9 Å². The summed E-state index contributed by atoms with van der Waals surface area (Å²) in [7, 11) is -4.03. The van der Waals surface area contributed by atoms with Gasteiger partial charge in [-0.1, -0.05) is 23.8 Å². The van der Waals surface area contributed by atoms with Crippen LogP contribution in [0.15, 0.2) is 42.5 Å². The smallest absolute Gasteiger partial charge is 0.416 e. The van der Waals surface area contributed by atoms with Gasteiger partial charge in [-0.25, -0.2) is 8.42 Å². The number of rotatable bonds is 5. The molecule has 0 saturated heterocycles. The largest absolute Gasteiger partial charge is 0.487 e. The van der Waals surface area contributed by atoms with Crippen LogP contribution in [-0.2, 0) is 21.0 Å². The van der Waals surface area contributed by atoms with Gasteiger partial charge in [-0.15, -0.1) is 0 Å². The minimum atomic E-state index is -4.64. The van der Waals surface area contributed by atoms with E-state index in [2.05, 4.69) is 5.32 Å². The third-order valence-corrected chi connectivity index (χ3v) is 6.25. The molecule has 2 aromatic rings. The molecular formula is C22H25F3N2O4S.